The average molecular weight is 213 g/mol. The van der Waals surface area contributed by atoms with Gasteiger partial charge in [-0.25, -0.2) is 0 Å². The molecule has 0 bridgehead atoms. The predicted octanol–water partition coefficient (Wildman–Crippen LogP) is -0.490. The smallest absolute Gasteiger partial charge is 0.221 e. The summed E-state index contributed by atoms with van der Waals surface area (Å²) in [5.74, 6) is -0.157. The Morgan fingerprint density at radius 1 is 1.60 bits per heavy atom. The van der Waals surface area contributed by atoms with Crippen molar-refractivity contribution < 1.29 is 9.59 Å². The number of amides is 2. The van der Waals surface area contributed by atoms with Crippen LogP contribution in [0.4, 0.5) is 0 Å². The number of carbonyl (C=O) groups excluding carboxylic acids is 2. The Bertz CT molecular complexity index is 231. The van der Waals surface area contributed by atoms with E-state index in [1.165, 1.54) is 0 Å². The van der Waals surface area contributed by atoms with E-state index in [9.17, 15) is 9.59 Å². The summed E-state index contributed by atoms with van der Waals surface area (Å²) in [6, 6.07) is 0.250. The van der Waals surface area contributed by atoms with Crippen LogP contribution >= 0.6 is 0 Å². The monoisotopic (exact) mass is 213 g/mol. The molecule has 4 N–H and O–H groups in total. The molecule has 1 saturated heterocycles. The maximum absolute atomic E-state index is 11.2. The summed E-state index contributed by atoms with van der Waals surface area (Å²) in [7, 11) is 0. The normalized spacial score (nSPS) is 21.9. The van der Waals surface area contributed by atoms with E-state index in [0.717, 1.165) is 32.4 Å². The summed E-state index contributed by atoms with van der Waals surface area (Å²) in [5.41, 5.74) is 5.03. The van der Waals surface area contributed by atoms with Gasteiger partial charge in [0.1, 0.15) is 0 Å². The van der Waals surface area contributed by atoms with Crippen molar-refractivity contribution in [2.45, 2.75) is 38.1 Å². The van der Waals surface area contributed by atoms with E-state index in [1.807, 2.05) is 0 Å². The Hall–Kier alpha value is -1.10. The first kappa shape index (κ1) is 12.0. The third-order valence-electron chi connectivity index (χ3n) is 2.52. The maximum Gasteiger partial charge on any atom is 0.221 e. The van der Waals surface area contributed by atoms with Gasteiger partial charge in [0.05, 0.1) is 0 Å². The number of hydrogen-bond donors (Lipinski definition) is 3. The summed E-state index contributed by atoms with van der Waals surface area (Å²) in [6.07, 6.45) is 3.71. The van der Waals surface area contributed by atoms with Crippen LogP contribution in [0.25, 0.3) is 0 Å². The van der Waals surface area contributed by atoms with E-state index >= 15 is 0 Å². The van der Waals surface area contributed by atoms with Crippen LogP contribution in [-0.4, -0.2) is 30.9 Å². The highest BCUT2D eigenvalue weighted by molar-refractivity contribution is 5.76. The van der Waals surface area contributed by atoms with Crippen molar-refractivity contribution >= 4 is 11.8 Å². The van der Waals surface area contributed by atoms with Gasteiger partial charge in [0.2, 0.25) is 11.8 Å². The summed E-state index contributed by atoms with van der Waals surface area (Å²) >= 11 is 0. The fourth-order valence-electron chi connectivity index (χ4n) is 1.72. The Kier molecular flexibility index (Phi) is 5.10. The Morgan fingerprint density at radius 3 is 3.13 bits per heavy atom. The quantitative estimate of drug-likeness (QED) is 0.539. The average Bonchev–Trinajstić information content (AvgIpc) is 2.37. The summed E-state index contributed by atoms with van der Waals surface area (Å²) in [5, 5.41) is 6.11. The van der Waals surface area contributed by atoms with Crippen molar-refractivity contribution in [1.82, 2.24) is 10.6 Å². The van der Waals surface area contributed by atoms with Crippen molar-refractivity contribution in [3.8, 4) is 0 Å². The van der Waals surface area contributed by atoms with Gasteiger partial charge in [-0.3, -0.25) is 9.59 Å². The lowest BCUT2D eigenvalue weighted by atomic mass is 10.1. The summed E-state index contributed by atoms with van der Waals surface area (Å²) in [6.45, 7) is 1.53. The molecule has 0 saturated carbocycles. The van der Waals surface area contributed by atoms with Gasteiger partial charge in [-0.2, -0.15) is 0 Å². The molecule has 1 aliphatic rings. The topological polar surface area (TPSA) is 84.2 Å². The zero-order chi connectivity index (χ0) is 11.1. The van der Waals surface area contributed by atoms with E-state index in [2.05, 4.69) is 10.6 Å². The Morgan fingerprint density at radius 2 is 2.40 bits per heavy atom. The molecule has 1 fully saturated rings. The predicted molar refractivity (Wildman–Crippen MR) is 57.1 cm³/mol. The number of primary amides is 1. The molecule has 0 aromatic carbocycles. The van der Waals surface area contributed by atoms with E-state index in [4.69, 9.17) is 5.73 Å². The maximum atomic E-state index is 11.2. The number of rotatable bonds is 5. The third-order valence-corrected chi connectivity index (χ3v) is 2.52. The Balaban J connectivity index is 2.13. The highest BCUT2D eigenvalue weighted by Crippen LogP contribution is 2.05. The van der Waals surface area contributed by atoms with Crippen LogP contribution in [0.2, 0.25) is 0 Å². The largest absolute Gasteiger partial charge is 0.370 e. The second-order valence-electron chi connectivity index (χ2n) is 3.92. The molecule has 15 heavy (non-hydrogen) atoms. The lowest BCUT2D eigenvalue weighted by molar-refractivity contribution is -0.121. The molecule has 1 rings (SSSR count). The van der Waals surface area contributed by atoms with Gasteiger partial charge >= 0.3 is 0 Å². The molecule has 0 spiro atoms. The summed E-state index contributed by atoms with van der Waals surface area (Å²) < 4.78 is 0. The zero-order valence-corrected chi connectivity index (χ0v) is 8.92. The van der Waals surface area contributed by atoms with Gasteiger partial charge in [-0.15, -0.1) is 0 Å². The standard InChI is InChI=1S/C10H19N3O2/c11-9(14)4-2-5-12-8-3-1-6-13-10(15)7-8/h8,12H,1-7H2,(H2,11,14)(H,13,15). The molecule has 5 heteroatoms. The van der Waals surface area contributed by atoms with Crippen LogP contribution in [0.15, 0.2) is 0 Å². The molecular formula is C10H19N3O2. The van der Waals surface area contributed by atoms with Crippen LogP contribution in [-0.2, 0) is 9.59 Å². The van der Waals surface area contributed by atoms with Crippen LogP contribution < -0.4 is 16.4 Å². The van der Waals surface area contributed by atoms with E-state index in [0.29, 0.717) is 12.8 Å². The molecule has 0 aliphatic carbocycles. The fraction of sp³-hybridized carbons (Fsp3) is 0.800. The highest BCUT2D eigenvalue weighted by Gasteiger charge is 2.16. The first-order valence-electron chi connectivity index (χ1n) is 5.47. The molecule has 0 radical (unpaired) electrons. The van der Waals surface area contributed by atoms with Crippen LogP contribution in [0.5, 0.6) is 0 Å². The second kappa shape index (κ2) is 6.40. The number of carbonyl (C=O) groups is 2. The lowest BCUT2D eigenvalue weighted by Crippen LogP contribution is -2.33. The second-order valence-corrected chi connectivity index (χ2v) is 3.92. The molecule has 0 aromatic rings. The molecule has 1 aliphatic heterocycles. The van der Waals surface area contributed by atoms with Gasteiger partial charge in [-0.1, -0.05) is 0 Å². The Labute approximate surface area is 89.8 Å². The van der Waals surface area contributed by atoms with E-state index in [1.54, 1.807) is 0 Å². The minimum Gasteiger partial charge on any atom is -0.370 e. The van der Waals surface area contributed by atoms with Crippen molar-refractivity contribution in [1.29, 1.82) is 0 Å². The minimum absolute atomic E-state index is 0.111. The molecular weight excluding hydrogens is 194 g/mol. The zero-order valence-electron chi connectivity index (χ0n) is 8.92. The minimum atomic E-state index is -0.268. The van der Waals surface area contributed by atoms with Crippen LogP contribution in [0.3, 0.4) is 0 Å². The van der Waals surface area contributed by atoms with Crippen molar-refractivity contribution in [2.24, 2.45) is 5.73 Å². The molecule has 0 aromatic heterocycles. The number of nitrogens with two attached hydrogens (primary N) is 1. The third kappa shape index (κ3) is 5.37. The molecule has 1 atom stereocenters. The van der Waals surface area contributed by atoms with Gasteiger partial charge in [-0.05, 0) is 25.8 Å². The van der Waals surface area contributed by atoms with Gasteiger partial charge in [0.15, 0.2) is 0 Å². The van der Waals surface area contributed by atoms with Crippen LogP contribution in [0, 0.1) is 0 Å². The molecule has 2 amide bonds. The van der Waals surface area contributed by atoms with Crippen molar-refractivity contribution in [2.75, 3.05) is 13.1 Å². The number of nitrogens with one attached hydrogen (secondary N) is 2. The molecule has 1 heterocycles. The molecule has 86 valence electrons. The first-order valence-corrected chi connectivity index (χ1v) is 5.47. The van der Waals surface area contributed by atoms with Crippen molar-refractivity contribution in [3.63, 3.8) is 0 Å². The van der Waals surface area contributed by atoms with Gasteiger partial charge in [0, 0.05) is 25.4 Å². The van der Waals surface area contributed by atoms with Gasteiger partial charge in [0.25, 0.3) is 0 Å². The van der Waals surface area contributed by atoms with Gasteiger partial charge < -0.3 is 16.4 Å². The van der Waals surface area contributed by atoms with E-state index < -0.39 is 0 Å². The summed E-state index contributed by atoms with van der Waals surface area (Å²) in [4.78, 5) is 21.7. The lowest BCUT2D eigenvalue weighted by Gasteiger charge is -2.14. The molecule has 1 unspecified atom stereocenters. The van der Waals surface area contributed by atoms with Crippen molar-refractivity contribution in [3.05, 3.63) is 0 Å². The SMILES string of the molecule is NC(=O)CCCNC1CCCNC(=O)C1. The van der Waals surface area contributed by atoms with E-state index in [-0.39, 0.29) is 17.9 Å². The molecule has 5 nitrogen and oxygen atoms in total. The van der Waals surface area contributed by atoms with Crippen LogP contribution in [0.1, 0.15) is 32.1 Å². The fourth-order valence-corrected chi connectivity index (χ4v) is 1.72. The highest BCUT2D eigenvalue weighted by atomic mass is 16.1. The number of hydrogen-bond acceptors (Lipinski definition) is 3. The first-order chi connectivity index (χ1) is 7.18.